The van der Waals surface area contributed by atoms with Gasteiger partial charge >= 0.3 is 0 Å². The first-order valence-electron chi connectivity index (χ1n) is 8.08. The van der Waals surface area contributed by atoms with E-state index in [9.17, 15) is 14.0 Å². The van der Waals surface area contributed by atoms with Crippen molar-refractivity contribution in [3.63, 3.8) is 0 Å². The Balaban J connectivity index is 1.70. The number of nitrogens with zero attached hydrogens (tertiary/aromatic N) is 1. The molecule has 0 fully saturated rings. The summed E-state index contributed by atoms with van der Waals surface area (Å²) in [5, 5.41) is 11.6. The molecule has 3 rings (SSSR count). The maximum atomic E-state index is 14.3. The van der Waals surface area contributed by atoms with Gasteiger partial charge in [0, 0.05) is 17.8 Å². The second-order valence-electron chi connectivity index (χ2n) is 5.62. The SMILES string of the molecule is COc1ccc(Oc2ccc(NC3=CC(=O)N(CCO)C3=O)cc2F)cc1. The fourth-order valence-corrected chi connectivity index (χ4v) is 2.50. The van der Waals surface area contributed by atoms with E-state index in [1.165, 1.54) is 12.1 Å². The summed E-state index contributed by atoms with van der Waals surface area (Å²) in [7, 11) is 1.54. The molecule has 140 valence electrons. The lowest BCUT2D eigenvalue weighted by molar-refractivity contribution is -0.137. The Morgan fingerprint density at radius 3 is 2.44 bits per heavy atom. The number of imide groups is 1. The molecule has 7 nitrogen and oxygen atoms in total. The van der Waals surface area contributed by atoms with E-state index >= 15 is 0 Å². The van der Waals surface area contributed by atoms with Gasteiger partial charge in [-0.3, -0.25) is 14.5 Å². The Hall–Kier alpha value is -3.39. The maximum Gasteiger partial charge on any atom is 0.277 e. The van der Waals surface area contributed by atoms with Crippen LogP contribution in [-0.2, 0) is 9.59 Å². The smallest absolute Gasteiger partial charge is 0.277 e. The van der Waals surface area contributed by atoms with Crippen molar-refractivity contribution >= 4 is 17.5 Å². The summed E-state index contributed by atoms with van der Waals surface area (Å²) >= 11 is 0. The molecule has 0 saturated heterocycles. The van der Waals surface area contributed by atoms with Crippen molar-refractivity contribution in [2.45, 2.75) is 0 Å². The first-order valence-corrected chi connectivity index (χ1v) is 8.08. The van der Waals surface area contributed by atoms with E-state index in [4.69, 9.17) is 14.6 Å². The number of methoxy groups -OCH3 is 1. The number of ether oxygens (including phenoxy) is 2. The van der Waals surface area contributed by atoms with Gasteiger partial charge in [0.05, 0.1) is 20.3 Å². The van der Waals surface area contributed by atoms with E-state index < -0.39 is 17.6 Å². The van der Waals surface area contributed by atoms with E-state index in [0.717, 1.165) is 17.0 Å². The number of halogens is 1. The molecule has 0 spiro atoms. The van der Waals surface area contributed by atoms with Crippen LogP contribution in [0.2, 0.25) is 0 Å². The lowest BCUT2D eigenvalue weighted by atomic mass is 10.2. The highest BCUT2D eigenvalue weighted by atomic mass is 19.1. The van der Waals surface area contributed by atoms with Gasteiger partial charge in [-0.05, 0) is 36.4 Å². The third-order valence-electron chi connectivity index (χ3n) is 3.83. The summed E-state index contributed by atoms with van der Waals surface area (Å²) in [5.41, 5.74) is 0.296. The van der Waals surface area contributed by atoms with Crippen LogP contribution in [0.3, 0.4) is 0 Å². The van der Waals surface area contributed by atoms with Gasteiger partial charge in [0.2, 0.25) is 0 Å². The Morgan fingerprint density at radius 2 is 1.81 bits per heavy atom. The van der Waals surface area contributed by atoms with Gasteiger partial charge in [-0.1, -0.05) is 0 Å². The fourth-order valence-electron chi connectivity index (χ4n) is 2.50. The molecule has 0 bridgehead atoms. The molecular formula is C19H17FN2O5. The molecule has 1 aliphatic rings. The highest BCUT2D eigenvalue weighted by Crippen LogP contribution is 2.28. The number of carbonyl (C=O) groups is 2. The Labute approximate surface area is 154 Å². The monoisotopic (exact) mass is 372 g/mol. The Morgan fingerprint density at radius 1 is 1.11 bits per heavy atom. The summed E-state index contributed by atoms with van der Waals surface area (Å²) in [6.07, 6.45) is 1.11. The third-order valence-corrected chi connectivity index (χ3v) is 3.83. The second-order valence-corrected chi connectivity index (χ2v) is 5.62. The lowest BCUT2D eigenvalue weighted by Crippen LogP contribution is -2.34. The van der Waals surface area contributed by atoms with Crippen LogP contribution in [0.1, 0.15) is 0 Å². The first kappa shape index (κ1) is 18.4. The molecule has 27 heavy (non-hydrogen) atoms. The maximum absolute atomic E-state index is 14.3. The highest BCUT2D eigenvalue weighted by Gasteiger charge is 2.30. The zero-order valence-corrected chi connectivity index (χ0v) is 14.4. The lowest BCUT2D eigenvalue weighted by Gasteiger charge is -2.14. The number of β-amino-alcohol motifs (C(OH)–C–C–N with tert-alkyl or cyclic N) is 1. The van der Waals surface area contributed by atoms with Crippen LogP contribution >= 0.6 is 0 Å². The van der Waals surface area contributed by atoms with Gasteiger partial charge in [0.25, 0.3) is 11.8 Å². The van der Waals surface area contributed by atoms with Crippen molar-refractivity contribution in [1.82, 2.24) is 4.90 Å². The molecule has 0 radical (unpaired) electrons. The second kappa shape index (κ2) is 7.88. The minimum absolute atomic E-state index is 0.00966. The zero-order valence-electron chi connectivity index (χ0n) is 14.4. The standard InChI is InChI=1S/C19H17FN2O5/c1-26-13-3-5-14(6-4-13)27-17-7-2-12(10-15(17)20)21-16-11-18(24)22(8-9-23)19(16)25/h2-7,10-11,21,23H,8-9H2,1H3. The van der Waals surface area contributed by atoms with Gasteiger partial charge < -0.3 is 19.9 Å². The Kier molecular flexibility index (Phi) is 5.37. The van der Waals surface area contributed by atoms with Crippen molar-refractivity contribution in [3.8, 4) is 17.2 Å². The average molecular weight is 372 g/mol. The summed E-state index contributed by atoms with van der Waals surface area (Å²) in [4.78, 5) is 24.7. The predicted molar refractivity (Wildman–Crippen MR) is 95.0 cm³/mol. The molecule has 0 saturated carbocycles. The highest BCUT2D eigenvalue weighted by molar-refractivity contribution is 6.17. The third kappa shape index (κ3) is 4.06. The Bertz CT molecular complexity index is 895. The molecule has 0 aromatic heterocycles. The van der Waals surface area contributed by atoms with Crippen LogP contribution in [-0.4, -0.2) is 42.1 Å². The van der Waals surface area contributed by atoms with Crippen molar-refractivity contribution in [2.24, 2.45) is 0 Å². The summed E-state index contributed by atoms with van der Waals surface area (Å²) in [6, 6.07) is 10.8. The zero-order chi connectivity index (χ0) is 19.4. The van der Waals surface area contributed by atoms with E-state index in [0.29, 0.717) is 11.5 Å². The van der Waals surface area contributed by atoms with Crippen molar-refractivity contribution < 1.29 is 28.6 Å². The summed E-state index contributed by atoms with van der Waals surface area (Å²) < 4.78 is 24.9. The number of anilines is 1. The van der Waals surface area contributed by atoms with Crippen molar-refractivity contribution in [1.29, 1.82) is 0 Å². The number of rotatable bonds is 7. The van der Waals surface area contributed by atoms with Gasteiger partial charge in [-0.25, -0.2) is 4.39 Å². The number of nitrogens with one attached hydrogen (secondary N) is 1. The van der Waals surface area contributed by atoms with Crippen LogP contribution in [0.4, 0.5) is 10.1 Å². The number of hydrogen-bond donors (Lipinski definition) is 2. The molecule has 0 atom stereocenters. The molecule has 2 N–H and O–H groups in total. The number of amides is 2. The molecule has 1 heterocycles. The van der Waals surface area contributed by atoms with Crippen LogP contribution in [0.5, 0.6) is 17.2 Å². The van der Waals surface area contributed by atoms with Crippen LogP contribution in [0.15, 0.2) is 54.2 Å². The minimum atomic E-state index is -0.639. The molecular weight excluding hydrogens is 355 g/mol. The quantitative estimate of drug-likeness (QED) is 0.725. The molecule has 0 unspecified atom stereocenters. The molecule has 2 amide bonds. The minimum Gasteiger partial charge on any atom is -0.497 e. The van der Waals surface area contributed by atoms with Crippen molar-refractivity contribution in [3.05, 3.63) is 60.1 Å². The normalized spacial score (nSPS) is 13.6. The number of aliphatic hydroxyl groups excluding tert-OH is 1. The topological polar surface area (TPSA) is 88.1 Å². The molecule has 0 aliphatic carbocycles. The summed E-state index contributed by atoms with van der Waals surface area (Å²) in [5.74, 6) is -0.642. The number of hydrogen-bond acceptors (Lipinski definition) is 6. The van der Waals surface area contributed by atoms with Gasteiger partial charge in [0.15, 0.2) is 11.6 Å². The average Bonchev–Trinajstić information content (AvgIpc) is 2.92. The van der Waals surface area contributed by atoms with Crippen molar-refractivity contribution in [2.75, 3.05) is 25.6 Å². The number of aliphatic hydroxyl groups is 1. The van der Waals surface area contributed by atoms with Crippen LogP contribution < -0.4 is 14.8 Å². The largest absolute Gasteiger partial charge is 0.497 e. The van der Waals surface area contributed by atoms with Crippen LogP contribution in [0.25, 0.3) is 0 Å². The van der Waals surface area contributed by atoms with E-state index in [2.05, 4.69) is 5.32 Å². The molecule has 2 aromatic rings. The molecule has 1 aliphatic heterocycles. The van der Waals surface area contributed by atoms with Crippen LogP contribution in [0, 0.1) is 5.82 Å². The van der Waals surface area contributed by atoms with E-state index in [1.807, 2.05) is 0 Å². The first-order chi connectivity index (χ1) is 13.0. The van der Waals surface area contributed by atoms with Gasteiger partial charge in [0.1, 0.15) is 17.2 Å². The predicted octanol–water partition coefficient (Wildman–Crippen LogP) is 2.28. The number of carbonyl (C=O) groups excluding carboxylic acids is 2. The number of benzene rings is 2. The molecule has 2 aromatic carbocycles. The molecule has 8 heteroatoms. The van der Waals surface area contributed by atoms with E-state index in [1.54, 1.807) is 31.4 Å². The van der Waals surface area contributed by atoms with Gasteiger partial charge in [-0.2, -0.15) is 0 Å². The summed E-state index contributed by atoms with van der Waals surface area (Å²) in [6.45, 7) is -0.424. The van der Waals surface area contributed by atoms with Gasteiger partial charge in [-0.15, -0.1) is 0 Å². The fraction of sp³-hybridized carbons (Fsp3) is 0.158. The van der Waals surface area contributed by atoms with E-state index in [-0.39, 0.29) is 30.3 Å².